The van der Waals surface area contributed by atoms with Gasteiger partial charge in [-0.2, -0.15) is 0 Å². The highest BCUT2D eigenvalue weighted by Gasteiger charge is 2.21. The zero-order valence-electron chi connectivity index (χ0n) is 9.76. The predicted octanol–water partition coefficient (Wildman–Crippen LogP) is 2.36. The van der Waals surface area contributed by atoms with Gasteiger partial charge in [0.2, 0.25) is 0 Å². The van der Waals surface area contributed by atoms with E-state index in [1.54, 1.807) is 4.90 Å². The third-order valence-corrected chi connectivity index (χ3v) is 2.98. The number of rotatable bonds is 2. The highest BCUT2D eigenvalue weighted by atomic mass is 19.1. The molecule has 1 fully saturated rings. The lowest BCUT2D eigenvalue weighted by molar-refractivity contribution is -0.385. The first-order valence-electron chi connectivity index (χ1n) is 5.82. The minimum Gasteiger partial charge on any atom is -0.339 e. The third-order valence-electron chi connectivity index (χ3n) is 2.98. The summed E-state index contributed by atoms with van der Waals surface area (Å²) in [7, 11) is 0. The van der Waals surface area contributed by atoms with Crippen LogP contribution in [0.5, 0.6) is 0 Å². The summed E-state index contributed by atoms with van der Waals surface area (Å²) in [6.07, 6.45) is 2.92. The van der Waals surface area contributed by atoms with Crippen LogP contribution in [0.2, 0.25) is 0 Å². The monoisotopic (exact) mass is 252 g/mol. The molecule has 1 aliphatic rings. The smallest absolute Gasteiger partial charge is 0.273 e. The van der Waals surface area contributed by atoms with Crippen LogP contribution in [0, 0.1) is 15.9 Å². The SMILES string of the molecule is O=C(c1cc(F)cc([N+](=O)[O-])c1)N1CCCCC1. The van der Waals surface area contributed by atoms with E-state index in [0.717, 1.165) is 37.5 Å². The summed E-state index contributed by atoms with van der Waals surface area (Å²) in [4.78, 5) is 23.6. The minimum atomic E-state index is -0.760. The Bertz CT molecular complexity index is 484. The number of hydrogen-bond donors (Lipinski definition) is 0. The van der Waals surface area contributed by atoms with Crippen LogP contribution in [0.4, 0.5) is 10.1 Å². The van der Waals surface area contributed by atoms with Gasteiger partial charge in [0.15, 0.2) is 0 Å². The van der Waals surface area contributed by atoms with E-state index in [1.165, 1.54) is 0 Å². The molecule has 1 aliphatic heterocycles. The number of hydrogen-bond acceptors (Lipinski definition) is 3. The van der Waals surface area contributed by atoms with Crippen LogP contribution >= 0.6 is 0 Å². The minimum absolute atomic E-state index is 0.0450. The number of amides is 1. The summed E-state index contributed by atoms with van der Waals surface area (Å²) in [5.41, 5.74) is -0.348. The number of likely N-dealkylation sites (tertiary alicyclic amines) is 1. The number of piperidine rings is 1. The Labute approximate surface area is 103 Å². The molecule has 0 aromatic heterocycles. The summed E-state index contributed by atoms with van der Waals surface area (Å²) in [6, 6.07) is 2.98. The molecular formula is C12H13FN2O3. The Balaban J connectivity index is 2.26. The van der Waals surface area contributed by atoms with Gasteiger partial charge in [0.05, 0.1) is 11.0 Å². The summed E-state index contributed by atoms with van der Waals surface area (Å²) >= 11 is 0. The maximum atomic E-state index is 13.2. The van der Waals surface area contributed by atoms with Gasteiger partial charge in [-0.15, -0.1) is 0 Å². The summed E-state index contributed by atoms with van der Waals surface area (Å²) < 4.78 is 13.2. The van der Waals surface area contributed by atoms with E-state index in [4.69, 9.17) is 0 Å². The van der Waals surface area contributed by atoms with Crippen molar-refractivity contribution >= 4 is 11.6 Å². The number of carbonyl (C=O) groups is 1. The van der Waals surface area contributed by atoms with E-state index in [1.807, 2.05) is 0 Å². The molecule has 1 heterocycles. The van der Waals surface area contributed by atoms with Gasteiger partial charge in [-0.05, 0) is 25.3 Å². The van der Waals surface area contributed by atoms with Gasteiger partial charge in [0.1, 0.15) is 5.82 Å². The molecule has 1 aromatic carbocycles. The molecule has 0 radical (unpaired) electrons. The topological polar surface area (TPSA) is 63.4 Å². The van der Waals surface area contributed by atoms with Crippen molar-refractivity contribution in [3.05, 3.63) is 39.7 Å². The number of halogens is 1. The molecule has 18 heavy (non-hydrogen) atoms. The Morgan fingerprint density at radius 1 is 1.22 bits per heavy atom. The van der Waals surface area contributed by atoms with Gasteiger partial charge in [0.25, 0.3) is 11.6 Å². The van der Waals surface area contributed by atoms with Crippen molar-refractivity contribution < 1.29 is 14.1 Å². The lowest BCUT2D eigenvalue weighted by Gasteiger charge is -2.26. The van der Waals surface area contributed by atoms with Crippen molar-refractivity contribution in [3.63, 3.8) is 0 Å². The van der Waals surface area contributed by atoms with Crippen molar-refractivity contribution in [2.75, 3.05) is 13.1 Å². The van der Waals surface area contributed by atoms with E-state index >= 15 is 0 Å². The molecule has 0 saturated carbocycles. The number of nitrogens with zero attached hydrogens (tertiary/aromatic N) is 2. The molecule has 0 N–H and O–H groups in total. The van der Waals surface area contributed by atoms with E-state index < -0.39 is 16.4 Å². The Morgan fingerprint density at radius 2 is 1.89 bits per heavy atom. The fourth-order valence-corrected chi connectivity index (χ4v) is 2.08. The fourth-order valence-electron chi connectivity index (χ4n) is 2.08. The number of non-ortho nitro benzene ring substituents is 1. The highest BCUT2D eigenvalue weighted by molar-refractivity contribution is 5.94. The van der Waals surface area contributed by atoms with Crippen molar-refractivity contribution in [1.82, 2.24) is 4.90 Å². The maximum Gasteiger partial charge on any atom is 0.273 e. The molecule has 1 aromatic rings. The molecule has 0 unspecified atom stereocenters. The Hall–Kier alpha value is -1.98. The maximum absolute atomic E-state index is 13.2. The van der Waals surface area contributed by atoms with Gasteiger partial charge in [-0.1, -0.05) is 0 Å². The zero-order chi connectivity index (χ0) is 13.1. The summed E-state index contributed by atoms with van der Waals surface area (Å²) in [5.74, 6) is -1.10. The first-order valence-corrected chi connectivity index (χ1v) is 5.82. The Morgan fingerprint density at radius 3 is 2.50 bits per heavy atom. The van der Waals surface area contributed by atoms with E-state index in [2.05, 4.69) is 0 Å². The Kier molecular flexibility index (Phi) is 3.55. The van der Waals surface area contributed by atoms with Gasteiger partial charge in [0, 0.05) is 24.7 Å². The van der Waals surface area contributed by atoms with Crippen LogP contribution in [0.3, 0.4) is 0 Å². The van der Waals surface area contributed by atoms with Gasteiger partial charge < -0.3 is 4.90 Å². The van der Waals surface area contributed by atoms with Crippen LogP contribution < -0.4 is 0 Å². The number of benzene rings is 1. The third kappa shape index (κ3) is 2.64. The molecule has 0 aliphatic carbocycles. The van der Waals surface area contributed by atoms with E-state index in [0.29, 0.717) is 13.1 Å². The lowest BCUT2D eigenvalue weighted by atomic mass is 10.1. The van der Waals surface area contributed by atoms with Gasteiger partial charge in [-0.3, -0.25) is 14.9 Å². The lowest BCUT2D eigenvalue weighted by Crippen LogP contribution is -2.35. The van der Waals surface area contributed by atoms with Gasteiger partial charge in [-0.25, -0.2) is 4.39 Å². The molecule has 0 spiro atoms. The largest absolute Gasteiger partial charge is 0.339 e. The normalized spacial score (nSPS) is 15.5. The molecule has 1 saturated heterocycles. The first kappa shape index (κ1) is 12.5. The van der Waals surface area contributed by atoms with Crippen molar-refractivity contribution in [3.8, 4) is 0 Å². The standard InChI is InChI=1S/C12H13FN2O3/c13-10-6-9(7-11(8-10)15(17)18)12(16)14-4-2-1-3-5-14/h6-8H,1-5H2. The molecule has 0 bridgehead atoms. The van der Waals surface area contributed by atoms with E-state index in [9.17, 15) is 19.3 Å². The second kappa shape index (κ2) is 5.12. The zero-order valence-corrected chi connectivity index (χ0v) is 9.76. The van der Waals surface area contributed by atoms with Crippen LogP contribution in [0.15, 0.2) is 18.2 Å². The average Bonchev–Trinajstić information content (AvgIpc) is 2.38. The number of nitro groups is 1. The molecule has 96 valence electrons. The molecule has 2 rings (SSSR count). The molecule has 1 amide bonds. The van der Waals surface area contributed by atoms with Crippen molar-refractivity contribution in [2.24, 2.45) is 0 Å². The molecule has 0 atom stereocenters. The molecular weight excluding hydrogens is 239 g/mol. The summed E-state index contributed by atoms with van der Waals surface area (Å²) in [6.45, 7) is 1.26. The average molecular weight is 252 g/mol. The molecule has 5 nitrogen and oxygen atoms in total. The first-order chi connectivity index (χ1) is 8.58. The highest BCUT2D eigenvalue weighted by Crippen LogP contribution is 2.19. The second-order valence-electron chi connectivity index (χ2n) is 4.31. The quantitative estimate of drug-likeness (QED) is 0.599. The van der Waals surface area contributed by atoms with Crippen LogP contribution in [-0.2, 0) is 0 Å². The number of carbonyl (C=O) groups excluding carboxylic acids is 1. The second-order valence-corrected chi connectivity index (χ2v) is 4.31. The van der Waals surface area contributed by atoms with Gasteiger partial charge >= 0.3 is 0 Å². The van der Waals surface area contributed by atoms with Crippen LogP contribution in [-0.4, -0.2) is 28.8 Å². The fraction of sp³-hybridized carbons (Fsp3) is 0.417. The van der Waals surface area contributed by atoms with Crippen molar-refractivity contribution in [1.29, 1.82) is 0 Å². The number of nitro benzene ring substituents is 1. The predicted molar refractivity (Wildman–Crippen MR) is 62.8 cm³/mol. The summed E-state index contributed by atoms with van der Waals surface area (Å²) in [5, 5.41) is 10.6. The van der Waals surface area contributed by atoms with E-state index in [-0.39, 0.29) is 11.5 Å². The van der Waals surface area contributed by atoms with Crippen LogP contribution in [0.25, 0.3) is 0 Å². The van der Waals surface area contributed by atoms with Crippen molar-refractivity contribution in [2.45, 2.75) is 19.3 Å². The van der Waals surface area contributed by atoms with Crippen LogP contribution in [0.1, 0.15) is 29.6 Å². The molecule has 6 heteroatoms.